The number of aryl methyl sites for hydroxylation is 3. The van der Waals surface area contributed by atoms with Crippen LogP contribution in [0.3, 0.4) is 0 Å². The summed E-state index contributed by atoms with van der Waals surface area (Å²) in [6.45, 7) is 3.99. The first kappa shape index (κ1) is 14.1. The fraction of sp³-hybridized carbons (Fsp3) is 0.375. The van der Waals surface area contributed by atoms with E-state index in [-0.39, 0.29) is 0 Å². The van der Waals surface area contributed by atoms with Gasteiger partial charge in [0.1, 0.15) is 17.4 Å². The Morgan fingerprint density at radius 3 is 2.60 bits per heavy atom. The second-order valence-corrected chi connectivity index (χ2v) is 4.85. The van der Waals surface area contributed by atoms with Crippen LogP contribution in [0.15, 0.2) is 24.3 Å². The molecule has 2 rings (SSSR count). The van der Waals surface area contributed by atoms with E-state index in [0.717, 1.165) is 12.2 Å². The van der Waals surface area contributed by atoms with Crippen molar-refractivity contribution in [3.05, 3.63) is 41.1 Å². The molecule has 1 aromatic carbocycles. The molecule has 0 aliphatic carbocycles. The fourth-order valence-electron chi connectivity index (χ4n) is 2.10. The maximum Gasteiger partial charge on any atom is 0.235 e. The highest BCUT2D eigenvalue weighted by molar-refractivity contribution is 5.44. The van der Waals surface area contributed by atoms with E-state index in [1.807, 2.05) is 12.1 Å². The number of hydrogen-bond acceptors (Lipinski definition) is 3. The van der Waals surface area contributed by atoms with Gasteiger partial charge in [0.05, 0.1) is 5.69 Å². The Morgan fingerprint density at radius 1 is 1.30 bits per heavy atom. The van der Waals surface area contributed by atoms with Crippen molar-refractivity contribution in [2.24, 2.45) is 7.05 Å². The SMILES string of the molecule is CCCCc1ccc(Oc2c(C#N)c(C)nn2C)cc1. The van der Waals surface area contributed by atoms with Crippen LogP contribution in [-0.2, 0) is 13.5 Å². The van der Waals surface area contributed by atoms with E-state index < -0.39 is 0 Å². The van der Waals surface area contributed by atoms with Gasteiger partial charge in [-0.3, -0.25) is 0 Å². The lowest BCUT2D eigenvalue weighted by Crippen LogP contribution is -1.96. The van der Waals surface area contributed by atoms with Gasteiger partial charge in [-0.2, -0.15) is 10.4 Å². The number of hydrogen-bond donors (Lipinski definition) is 0. The zero-order valence-corrected chi connectivity index (χ0v) is 12.2. The smallest absolute Gasteiger partial charge is 0.235 e. The molecule has 1 aromatic heterocycles. The third kappa shape index (κ3) is 3.00. The second-order valence-electron chi connectivity index (χ2n) is 4.85. The molecule has 0 saturated heterocycles. The van der Waals surface area contributed by atoms with Crippen LogP contribution >= 0.6 is 0 Å². The summed E-state index contributed by atoms with van der Waals surface area (Å²) in [6.07, 6.45) is 3.48. The molecule has 4 nitrogen and oxygen atoms in total. The van der Waals surface area contributed by atoms with Gasteiger partial charge in [0.2, 0.25) is 5.88 Å². The second kappa shape index (κ2) is 6.25. The average Bonchev–Trinajstić information content (AvgIpc) is 2.72. The van der Waals surface area contributed by atoms with Gasteiger partial charge in [0, 0.05) is 7.05 Å². The van der Waals surface area contributed by atoms with Crippen LogP contribution in [0.25, 0.3) is 0 Å². The predicted molar refractivity (Wildman–Crippen MR) is 77.8 cm³/mol. The lowest BCUT2D eigenvalue weighted by molar-refractivity contribution is 0.429. The van der Waals surface area contributed by atoms with Gasteiger partial charge in [0.25, 0.3) is 0 Å². The van der Waals surface area contributed by atoms with Gasteiger partial charge in [-0.05, 0) is 37.5 Å². The molecule has 104 valence electrons. The van der Waals surface area contributed by atoms with Crippen molar-refractivity contribution in [2.75, 3.05) is 0 Å². The molecule has 0 bridgehead atoms. The van der Waals surface area contributed by atoms with E-state index in [4.69, 9.17) is 10.00 Å². The third-order valence-corrected chi connectivity index (χ3v) is 3.24. The summed E-state index contributed by atoms with van der Waals surface area (Å²) < 4.78 is 7.39. The monoisotopic (exact) mass is 269 g/mol. The summed E-state index contributed by atoms with van der Waals surface area (Å²) in [5, 5.41) is 13.4. The minimum atomic E-state index is 0.488. The Bertz CT molecular complexity index is 620. The first-order chi connectivity index (χ1) is 9.65. The number of nitriles is 1. The van der Waals surface area contributed by atoms with Crippen LogP contribution in [0.4, 0.5) is 0 Å². The topological polar surface area (TPSA) is 50.8 Å². The maximum atomic E-state index is 9.15. The molecule has 0 aliphatic rings. The predicted octanol–water partition coefficient (Wildman–Crippen LogP) is 3.74. The molecule has 0 radical (unpaired) electrons. The molecule has 2 aromatic rings. The van der Waals surface area contributed by atoms with E-state index in [1.54, 1.807) is 18.7 Å². The Hall–Kier alpha value is -2.28. The van der Waals surface area contributed by atoms with Crippen LogP contribution in [0.2, 0.25) is 0 Å². The van der Waals surface area contributed by atoms with E-state index in [2.05, 4.69) is 30.2 Å². The number of aromatic nitrogens is 2. The Balaban J connectivity index is 2.17. The van der Waals surface area contributed by atoms with Crippen molar-refractivity contribution in [1.82, 2.24) is 9.78 Å². The van der Waals surface area contributed by atoms with Crippen LogP contribution in [0.1, 0.15) is 36.6 Å². The molecule has 0 spiro atoms. The van der Waals surface area contributed by atoms with Crippen LogP contribution < -0.4 is 4.74 Å². The lowest BCUT2D eigenvalue weighted by Gasteiger charge is -2.07. The third-order valence-electron chi connectivity index (χ3n) is 3.24. The van der Waals surface area contributed by atoms with Gasteiger partial charge < -0.3 is 4.74 Å². The van der Waals surface area contributed by atoms with Crippen molar-refractivity contribution in [1.29, 1.82) is 5.26 Å². The van der Waals surface area contributed by atoms with E-state index >= 15 is 0 Å². The molecule has 0 fully saturated rings. The number of nitrogens with zero attached hydrogens (tertiary/aromatic N) is 3. The summed E-state index contributed by atoms with van der Waals surface area (Å²) >= 11 is 0. The first-order valence-electron chi connectivity index (χ1n) is 6.86. The van der Waals surface area contributed by atoms with E-state index in [9.17, 15) is 0 Å². The molecule has 0 aliphatic heterocycles. The Morgan fingerprint density at radius 2 is 2.00 bits per heavy atom. The van der Waals surface area contributed by atoms with Crippen molar-refractivity contribution in [3.63, 3.8) is 0 Å². The summed E-state index contributed by atoms with van der Waals surface area (Å²) in [4.78, 5) is 0. The quantitative estimate of drug-likeness (QED) is 0.831. The van der Waals surface area contributed by atoms with Gasteiger partial charge >= 0.3 is 0 Å². The van der Waals surface area contributed by atoms with E-state index in [0.29, 0.717) is 17.1 Å². The minimum Gasteiger partial charge on any atom is -0.438 e. The van der Waals surface area contributed by atoms with Crippen molar-refractivity contribution in [2.45, 2.75) is 33.1 Å². The maximum absolute atomic E-state index is 9.15. The summed E-state index contributed by atoms with van der Waals surface area (Å²) in [6, 6.07) is 10.2. The molecule has 0 amide bonds. The lowest BCUT2D eigenvalue weighted by atomic mass is 10.1. The molecule has 20 heavy (non-hydrogen) atoms. The summed E-state index contributed by atoms with van der Waals surface area (Å²) in [7, 11) is 1.78. The highest BCUT2D eigenvalue weighted by atomic mass is 16.5. The molecular formula is C16H19N3O. The van der Waals surface area contributed by atoms with Crippen LogP contribution in [0, 0.1) is 18.3 Å². The van der Waals surface area contributed by atoms with Gasteiger partial charge in [-0.1, -0.05) is 25.5 Å². The van der Waals surface area contributed by atoms with Crippen molar-refractivity contribution in [3.8, 4) is 17.7 Å². The highest BCUT2D eigenvalue weighted by Crippen LogP contribution is 2.26. The van der Waals surface area contributed by atoms with Gasteiger partial charge in [0.15, 0.2) is 0 Å². The normalized spacial score (nSPS) is 10.3. The van der Waals surface area contributed by atoms with Crippen molar-refractivity contribution >= 4 is 0 Å². The molecule has 0 saturated carbocycles. The average molecular weight is 269 g/mol. The first-order valence-corrected chi connectivity index (χ1v) is 6.86. The number of benzene rings is 1. The van der Waals surface area contributed by atoms with Crippen LogP contribution in [0.5, 0.6) is 11.6 Å². The zero-order chi connectivity index (χ0) is 14.5. The zero-order valence-electron chi connectivity index (χ0n) is 12.2. The highest BCUT2D eigenvalue weighted by Gasteiger charge is 2.14. The van der Waals surface area contributed by atoms with Crippen LogP contribution in [-0.4, -0.2) is 9.78 Å². The molecule has 0 N–H and O–H groups in total. The number of unbranched alkanes of at least 4 members (excludes halogenated alkanes) is 1. The fourth-order valence-corrected chi connectivity index (χ4v) is 2.10. The summed E-state index contributed by atoms with van der Waals surface area (Å²) in [5.74, 6) is 1.22. The molecule has 4 heteroatoms. The Labute approximate surface area is 119 Å². The number of rotatable bonds is 5. The van der Waals surface area contributed by atoms with E-state index in [1.165, 1.54) is 18.4 Å². The summed E-state index contributed by atoms with van der Waals surface area (Å²) in [5.41, 5.74) is 2.48. The molecular weight excluding hydrogens is 250 g/mol. The standard InChI is InChI=1S/C16H19N3O/c1-4-5-6-13-7-9-14(10-8-13)20-16-15(11-17)12(2)18-19(16)3/h7-10H,4-6H2,1-3H3. The Kier molecular flexibility index (Phi) is 4.41. The largest absolute Gasteiger partial charge is 0.438 e. The molecule has 0 unspecified atom stereocenters. The van der Waals surface area contributed by atoms with Crippen molar-refractivity contribution < 1.29 is 4.74 Å². The number of ether oxygens (including phenoxy) is 1. The molecule has 1 heterocycles. The minimum absolute atomic E-state index is 0.488. The van der Waals surface area contributed by atoms with Gasteiger partial charge in [-0.15, -0.1) is 0 Å². The van der Waals surface area contributed by atoms with Gasteiger partial charge in [-0.25, -0.2) is 4.68 Å². The molecule has 0 atom stereocenters.